The Morgan fingerprint density at radius 3 is 2.64 bits per heavy atom. The van der Waals surface area contributed by atoms with Gasteiger partial charge in [0.25, 0.3) is 5.91 Å². The van der Waals surface area contributed by atoms with Crippen LogP contribution in [0.5, 0.6) is 0 Å². The maximum Gasteiger partial charge on any atom is 0.273 e. The van der Waals surface area contributed by atoms with E-state index in [4.69, 9.17) is 9.84 Å². The third-order valence-corrected chi connectivity index (χ3v) is 8.00. The maximum absolute atomic E-state index is 12.6. The monoisotopic (exact) mass is 530 g/mol. The highest BCUT2D eigenvalue weighted by Crippen LogP contribution is 2.49. The molecule has 11 nitrogen and oxygen atoms in total. The molecule has 1 aromatic carbocycles. The van der Waals surface area contributed by atoms with E-state index < -0.39 is 0 Å². The summed E-state index contributed by atoms with van der Waals surface area (Å²) in [5, 5.41) is 22.0. The van der Waals surface area contributed by atoms with Crippen LogP contribution in [-0.2, 0) is 9.53 Å². The van der Waals surface area contributed by atoms with Crippen LogP contribution >= 0.6 is 0 Å². The lowest BCUT2D eigenvalue weighted by Crippen LogP contribution is -2.32. The van der Waals surface area contributed by atoms with Crippen molar-refractivity contribution in [3.05, 3.63) is 41.9 Å². The summed E-state index contributed by atoms with van der Waals surface area (Å²) in [6, 6.07) is 8.11. The summed E-state index contributed by atoms with van der Waals surface area (Å²) in [6.45, 7) is 5.05. The van der Waals surface area contributed by atoms with E-state index >= 15 is 0 Å². The molecule has 1 saturated heterocycles. The van der Waals surface area contributed by atoms with Gasteiger partial charge in [0.15, 0.2) is 11.5 Å². The molecule has 1 saturated carbocycles. The molecule has 204 valence electrons. The van der Waals surface area contributed by atoms with Gasteiger partial charge in [0.2, 0.25) is 5.91 Å². The summed E-state index contributed by atoms with van der Waals surface area (Å²) < 4.78 is 7.98. The number of hydrogen-bond acceptors (Lipinski definition) is 8. The molecule has 0 spiro atoms. The van der Waals surface area contributed by atoms with Crippen LogP contribution in [0, 0.1) is 5.92 Å². The van der Waals surface area contributed by atoms with Crippen LogP contribution in [0.15, 0.2) is 30.5 Å². The van der Waals surface area contributed by atoms with Gasteiger partial charge in [0.1, 0.15) is 0 Å². The number of benzene rings is 1. The zero-order valence-electron chi connectivity index (χ0n) is 22.7. The first-order valence-electron chi connectivity index (χ1n) is 13.6. The summed E-state index contributed by atoms with van der Waals surface area (Å²) >= 11 is 0. The predicted octanol–water partition coefficient (Wildman–Crippen LogP) is 4.04. The van der Waals surface area contributed by atoms with Gasteiger partial charge in [-0.25, -0.2) is 0 Å². The third kappa shape index (κ3) is 4.60. The van der Waals surface area contributed by atoms with E-state index in [9.17, 15) is 9.59 Å². The first-order valence-corrected chi connectivity index (χ1v) is 13.6. The van der Waals surface area contributed by atoms with E-state index in [2.05, 4.69) is 62.7 Å². The summed E-state index contributed by atoms with van der Waals surface area (Å²) in [4.78, 5) is 27.2. The Balaban J connectivity index is 1.38. The first kappa shape index (κ1) is 25.3. The van der Waals surface area contributed by atoms with E-state index in [1.807, 2.05) is 18.3 Å². The fourth-order valence-electron chi connectivity index (χ4n) is 5.65. The molecule has 4 heterocycles. The van der Waals surface area contributed by atoms with Gasteiger partial charge in [-0.3, -0.25) is 14.3 Å². The van der Waals surface area contributed by atoms with Crippen LogP contribution in [0.1, 0.15) is 67.8 Å². The topological polar surface area (TPSA) is 126 Å². The summed E-state index contributed by atoms with van der Waals surface area (Å²) in [5.41, 5.74) is 5.79. The average Bonchev–Trinajstić information content (AvgIpc) is 3.69. The Morgan fingerprint density at radius 1 is 1.08 bits per heavy atom. The van der Waals surface area contributed by atoms with Crippen molar-refractivity contribution in [3.63, 3.8) is 0 Å². The minimum absolute atomic E-state index is 0.0255. The summed E-state index contributed by atoms with van der Waals surface area (Å²) in [5.74, 6) is -0.108. The number of nitrogens with one attached hydrogen (secondary N) is 3. The average molecular weight is 531 g/mol. The quantitative estimate of drug-likeness (QED) is 0.436. The number of carbonyl (C=O) groups excluding carboxylic acids is 2. The lowest BCUT2D eigenvalue weighted by molar-refractivity contribution is -0.117. The van der Waals surface area contributed by atoms with E-state index in [0.29, 0.717) is 17.5 Å². The number of nitrogens with zero attached hydrogens (tertiary/aromatic N) is 5. The Kier molecular flexibility index (Phi) is 6.46. The summed E-state index contributed by atoms with van der Waals surface area (Å²) in [7, 11) is 3.63. The molecule has 39 heavy (non-hydrogen) atoms. The van der Waals surface area contributed by atoms with Crippen LogP contribution in [0.25, 0.3) is 11.1 Å². The Morgan fingerprint density at radius 2 is 1.90 bits per heavy atom. The minimum atomic E-state index is -0.370. The number of hydrogen-bond donors (Lipinski definition) is 3. The van der Waals surface area contributed by atoms with Crippen molar-refractivity contribution in [3.8, 4) is 11.1 Å². The molecular formula is C28H34N8O3. The molecule has 3 N–H and O–H groups in total. The lowest BCUT2D eigenvalue weighted by atomic mass is 9.93. The molecule has 3 aliphatic rings. The van der Waals surface area contributed by atoms with Gasteiger partial charge < -0.3 is 25.6 Å². The molecule has 2 aliphatic heterocycles. The highest BCUT2D eigenvalue weighted by atomic mass is 16.5. The molecule has 2 aromatic heterocycles. The van der Waals surface area contributed by atoms with Crippen molar-refractivity contribution in [2.45, 2.75) is 57.7 Å². The number of rotatable bonds is 6. The van der Waals surface area contributed by atoms with Crippen molar-refractivity contribution in [1.82, 2.24) is 25.3 Å². The normalized spacial score (nSPS) is 22.1. The second-order valence-electron chi connectivity index (χ2n) is 10.7. The fraction of sp³-hybridized carbons (Fsp3) is 0.464. The second-order valence-corrected chi connectivity index (χ2v) is 10.7. The van der Waals surface area contributed by atoms with E-state index in [1.165, 1.54) is 5.69 Å². The molecule has 2 amide bonds. The first-order chi connectivity index (χ1) is 18.9. The minimum Gasteiger partial charge on any atom is -0.378 e. The van der Waals surface area contributed by atoms with Crippen LogP contribution in [0.4, 0.5) is 22.9 Å². The molecular weight excluding hydrogens is 496 g/mol. The van der Waals surface area contributed by atoms with Crippen LogP contribution < -0.4 is 20.9 Å². The van der Waals surface area contributed by atoms with Gasteiger partial charge in [0.05, 0.1) is 47.1 Å². The zero-order chi connectivity index (χ0) is 27.3. The number of anilines is 4. The van der Waals surface area contributed by atoms with Crippen molar-refractivity contribution < 1.29 is 14.3 Å². The van der Waals surface area contributed by atoms with Gasteiger partial charge in [-0.2, -0.15) is 5.10 Å². The highest BCUT2D eigenvalue weighted by molar-refractivity contribution is 6.01. The van der Waals surface area contributed by atoms with Crippen LogP contribution in [0.3, 0.4) is 0 Å². The Labute approximate surface area is 227 Å². The number of para-hydroxylation sites is 1. The molecule has 6 rings (SSSR count). The molecule has 3 atom stereocenters. The van der Waals surface area contributed by atoms with Crippen molar-refractivity contribution in [1.29, 1.82) is 0 Å². The van der Waals surface area contributed by atoms with Gasteiger partial charge in [0, 0.05) is 43.8 Å². The fourth-order valence-corrected chi connectivity index (χ4v) is 5.65. The Hall–Kier alpha value is -3.99. The predicted molar refractivity (Wildman–Crippen MR) is 148 cm³/mol. The molecule has 1 aliphatic carbocycles. The zero-order valence-corrected chi connectivity index (χ0v) is 22.7. The number of carbonyl (C=O) groups is 2. The highest BCUT2D eigenvalue weighted by Gasteiger charge is 2.35. The molecule has 3 unspecified atom stereocenters. The van der Waals surface area contributed by atoms with Gasteiger partial charge in [-0.1, -0.05) is 12.1 Å². The van der Waals surface area contributed by atoms with Gasteiger partial charge >= 0.3 is 0 Å². The van der Waals surface area contributed by atoms with Gasteiger partial charge in [-0.05, 0) is 45.6 Å². The number of ether oxygens (including phenoxy) is 1. The SMILES string of the molecule is CNC(=O)c1nnc(NC(=O)C2CC2)cc1Nc1cccc2c1N(C)C(C)c1c-2cnn1C1CCOC(C)C1. The van der Waals surface area contributed by atoms with Gasteiger partial charge in [-0.15, -0.1) is 10.2 Å². The summed E-state index contributed by atoms with van der Waals surface area (Å²) in [6.07, 6.45) is 5.83. The van der Waals surface area contributed by atoms with Crippen LogP contribution in [-0.4, -0.2) is 58.6 Å². The molecule has 11 heteroatoms. The lowest BCUT2D eigenvalue weighted by Gasteiger charge is -2.38. The smallest absolute Gasteiger partial charge is 0.273 e. The molecule has 2 fully saturated rings. The number of fused-ring (bicyclic) bond motifs is 3. The van der Waals surface area contributed by atoms with Crippen LogP contribution in [0.2, 0.25) is 0 Å². The molecule has 3 aromatic rings. The Bertz CT molecular complexity index is 1430. The van der Waals surface area contributed by atoms with E-state index in [-0.39, 0.29) is 35.6 Å². The van der Waals surface area contributed by atoms with E-state index in [0.717, 1.165) is 54.8 Å². The number of amides is 2. The molecule has 0 bridgehead atoms. The number of aromatic nitrogens is 4. The van der Waals surface area contributed by atoms with Crippen molar-refractivity contribution in [2.75, 3.05) is 36.2 Å². The van der Waals surface area contributed by atoms with Crippen molar-refractivity contribution >= 4 is 34.7 Å². The largest absolute Gasteiger partial charge is 0.378 e. The third-order valence-electron chi connectivity index (χ3n) is 8.00. The standard InChI is InChI=1S/C28H34N8O3/c1-15-12-18(10-11-39-15)36-25-16(2)35(4)26-19(20(25)14-30-36)6-5-7-21(26)31-22-13-23(32-27(37)17-8-9-17)33-34-24(22)28(38)29-3/h5-7,13-18H,8-12H2,1-4H3,(H,29,38)(H2,31,32,33,37). The molecule has 0 radical (unpaired) electrons. The van der Waals surface area contributed by atoms with Crippen molar-refractivity contribution in [2.24, 2.45) is 5.92 Å². The van der Waals surface area contributed by atoms with E-state index in [1.54, 1.807) is 13.1 Å². The second kappa shape index (κ2) is 9.96. The maximum atomic E-state index is 12.6.